The van der Waals surface area contributed by atoms with E-state index in [1.165, 1.54) is 7.11 Å². The molecule has 0 spiro atoms. The molecule has 0 atom stereocenters. The average Bonchev–Trinajstić information content (AvgIpc) is 2.35. The van der Waals surface area contributed by atoms with Gasteiger partial charge in [-0.15, -0.1) is 0 Å². The molecule has 0 aliphatic heterocycles. The van der Waals surface area contributed by atoms with Gasteiger partial charge in [0.1, 0.15) is 12.3 Å². The number of hydrogen-bond donors (Lipinski definition) is 1. The molecule has 1 rings (SSSR count). The number of hydrogen-bond acceptors (Lipinski definition) is 5. The van der Waals surface area contributed by atoms with Crippen LogP contribution in [0.3, 0.4) is 0 Å². The summed E-state index contributed by atoms with van der Waals surface area (Å²) < 4.78 is 9.46. The van der Waals surface area contributed by atoms with Gasteiger partial charge in [-0.1, -0.05) is 12.1 Å². The second-order valence-electron chi connectivity index (χ2n) is 3.03. The van der Waals surface area contributed by atoms with Crippen LogP contribution in [-0.2, 0) is 21.0 Å². The minimum absolute atomic E-state index is 0.0344. The summed E-state index contributed by atoms with van der Waals surface area (Å²) in [7, 11) is 2.94. The standard InChI is InChI=1S/C11H15NO4/c1-14-10-5-3-9(4-6-10)8-16-12-7-11(13)15-2/h3-6,12H,7-8H2,1-2H3. The Bertz CT molecular complexity index is 323. The van der Waals surface area contributed by atoms with Crippen LogP contribution in [0.1, 0.15) is 5.56 Å². The van der Waals surface area contributed by atoms with Crippen molar-refractivity contribution in [3.8, 4) is 5.75 Å². The second kappa shape index (κ2) is 6.81. The van der Waals surface area contributed by atoms with Gasteiger partial charge in [-0.05, 0) is 17.7 Å². The number of benzene rings is 1. The van der Waals surface area contributed by atoms with Crippen LogP contribution in [0.25, 0.3) is 0 Å². The number of rotatable bonds is 6. The van der Waals surface area contributed by atoms with E-state index < -0.39 is 0 Å². The molecule has 1 N–H and O–H groups in total. The van der Waals surface area contributed by atoms with Gasteiger partial charge < -0.3 is 9.47 Å². The van der Waals surface area contributed by atoms with Crippen LogP contribution >= 0.6 is 0 Å². The molecule has 0 aromatic heterocycles. The number of carbonyl (C=O) groups is 1. The zero-order valence-corrected chi connectivity index (χ0v) is 9.36. The van der Waals surface area contributed by atoms with Crippen molar-refractivity contribution in [3.63, 3.8) is 0 Å². The Morgan fingerprint density at radius 1 is 1.25 bits per heavy atom. The Labute approximate surface area is 94.3 Å². The van der Waals surface area contributed by atoms with Gasteiger partial charge in [0, 0.05) is 0 Å². The molecule has 0 bridgehead atoms. The van der Waals surface area contributed by atoms with Gasteiger partial charge in [0.05, 0.1) is 20.8 Å². The second-order valence-corrected chi connectivity index (χ2v) is 3.03. The molecule has 5 nitrogen and oxygen atoms in total. The Morgan fingerprint density at radius 2 is 1.94 bits per heavy atom. The molecule has 0 saturated carbocycles. The van der Waals surface area contributed by atoms with Crippen LogP contribution in [-0.4, -0.2) is 26.7 Å². The van der Waals surface area contributed by atoms with Gasteiger partial charge in [0.15, 0.2) is 0 Å². The third-order valence-electron chi connectivity index (χ3n) is 1.94. The molecule has 88 valence electrons. The van der Waals surface area contributed by atoms with Crippen molar-refractivity contribution >= 4 is 5.97 Å². The Hall–Kier alpha value is -1.59. The van der Waals surface area contributed by atoms with Gasteiger partial charge in [-0.2, -0.15) is 5.48 Å². The van der Waals surface area contributed by atoms with Crippen LogP contribution in [0.5, 0.6) is 5.75 Å². The summed E-state index contributed by atoms with van der Waals surface area (Å²) in [5.41, 5.74) is 3.49. The first-order chi connectivity index (χ1) is 7.76. The summed E-state index contributed by atoms with van der Waals surface area (Å²) in [4.78, 5) is 15.8. The third kappa shape index (κ3) is 4.29. The highest BCUT2D eigenvalue weighted by molar-refractivity contribution is 5.71. The maximum absolute atomic E-state index is 10.7. The van der Waals surface area contributed by atoms with E-state index in [1.54, 1.807) is 7.11 Å². The van der Waals surface area contributed by atoms with Gasteiger partial charge in [0.25, 0.3) is 0 Å². The minimum Gasteiger partial charge on any atom is -0.497 e. The summed E-state index contributed by atoms with van der Waals surface area (Å²) >= 11 is 0. The van der Waals surface area contributed by atoms with Crippen molar-refractivity contribution in [2.24, 2.45) is 0 Å². The summed E-state index contributed by atoms with van der Waals surface area (Å²) in [6.45, 7) is 0.410. The fourth-order valence-corrected chi connectivity index (χ4v) is 1.04. The third-order valence-corrected chi connectivity index (χ3v) is 1.94. The molecular weight excluding hydrogens is 210 g/mol. The summed E-state index contributed by atoms with van der Waals surface area (Å²) in [6.07, 6.45) is 0. The monoisotopic (exact) mass is 225 g/mol. The summed E-state index contributed by atoms with van der Waals surface area (Å²) in [6, 6.07) is 7.47. The van der Waals surface area contributed by atoms with E-state index in [1.807, 2.05) is 24.3 Å². The lowest BCUT2D eigenvalue weighted by Gasteiger charge is -2.05. The number of hydroxylamine groups is 1. The van der Waals surface area contributed by atoms with Gasteiger partial charge >= 0.3 is 5.97 Å². The van der Waals surface area contributed by atoms with Crippen molar-refractivity contribution < 1.29 is 19.1 Å². The summed E-state index contributed by atoms with van der Waals surface area (Å²) in [5, 5.41) is 0. The molecule has 0 unspecified atom stereocenters. The minimum atomic E-state index is -0.366. The molecule has 0 radical (unpaired) electrons. The molecule has 1 aromatic carbocycles. The molecule has 1 aromatic rings. The zero-order valence-electron chi connectivity index (χ0n) is 9.36. The van der Waals surface area contributed by atoms with Crippen molar-refractivity contribution in [1.29, 1.82) is 0 Å². The largest absolute Gasteiger partial charge is 0.497 e. The Balaban J connectivity index is 2.24. The van der Waals surface area contributed by atoms with Crippen LogP contribution in [0.15, 0.2) is 24.3 Å². The van der Waals surface area contributed by atoms with Crippen molar-refractivity contribution in [1.82, 2.24) is 5.48 Å². The number of nitrogens with one attached hydrogen (secondary N) is 1. The first-order valence-electron chi connectivity index (χ1n) is 4.80. The first kappa shape index (κ1) is 12.5. The zero-order chi connectivity index (χ0) is 11.8. The molecule has 0 aliphatic rings. The average molecular weight is 225 g/mol. The molecule has 0 fully saturated rings. The van der Waals surface area contributed by atoms with Gasteiger partial charge in [-0.25, -0.2) is 0 Å². The van der Waals surface area contributed by atoms with E-state index in [-0.39, 0.29) is 12.5 Å². The highest BCUT2D eigenvalue weighted by Crippen LogP contribution is 2.11. The molecular formula is C11H15NO4. The lowest BCUT2D eigenvalue weighted by molar-refractivity contribution is -0.142. The topological polar surface area (TPSA) is 56.8 Å². The van der Waals surface area contributed by atoms with Crippen molar-refractivity contribution in [3.05, 3.63) is 29.8 Å². The summed E-state index contributed by atoms with van der Waals surface area (Å²) in [5.74, 6) is 0.431. The number of methoxy groups -OCH3 is 2. The lowest BCUT2D eigenvalue weighted by Crippen LogP contribution is -2.23. The van der Waals surface area contributed by atoms with E-state index in [2.05, 4.69) is 10.2 Å². The maximum atomic E-state index is 10.7. The number of ether oxygens (including phenoxy) is 2. The fraction of sp³-hybridized carbons (Fsp3) is 0.364. The van der Waals surface area contributed by atoms with Crippen LogP contribution in [0, 0.1) is 0 Å². The Kier molecular flexibility index (Phi) is 5.31. The molecule has 16 heavy (non-hydrogen) atoms. The normalized spacial score (nSPS) is 9.88. The van der Waals surface area contributed by atoms with E-state index in [9.17, 15) is 4.79 Å². The van der Waals surface area contributed by atoms with E-state index >= 15 is 0 Å². The van der Waals surface area contributed by atoms with Crippen LogP contribution < -0.4 is 10.2 Å². The molecule has 5 heteroatoms. The van der Waals surface area contributed by atoms with Crippen LogP contribution in [0.4, 0.5) is 0 Å². The van der Waals surface area contributed by atoms with Gasteiger partial charge in [0.2, 0.25) is 0 Å². The van der Waals surface area contributed by atoms with Crippen molar-refractivity contribution in [2.75, 3.05) is 20.8 Å². The SMILES string of the molecule is COC(=O)CNOCc1ccc(OC)cc1. The van der Waals surface area contributed by atoms with Crippen LogP contribution in [0.2, 0.25) is 0 Å². The van der Waals surface area contributed by atoms with Gasteiger partial charge in [-0.3, -0.25) is 9.63 Å². The van der Waals surface area contributed by atoms with E-state index in [0.29, 0.717) is 6.61 Å². The quantitative estimate of drug-likeness (QED) is 0.442. The maximum Gasteiger partial charge on any atom is 0.322 e. The fourth-order valence-electron chi connectivity index (χ4n) is 1.04. The molecule has 0 heterocycles. The lowest BCUT2D eigenvalue weighted by atomic mass is 10.2. The van der Waals surface area contributed by atoms with E-state index in [0.717, 1.165) is 11.3 Å². The predicted molar refractivity (Wildman–Crippen MR) is 57.8 cm³/mol. The number of carbonyl (C=O) groups excluding carboxylic acids is 1. The smallest absolute Gasteiger partial charge is 0.322 e. The highest BCUT2D eigenvalue weighted by Gasteiger charge is 1.99. The first-order valence-corrected chi connectivity index (χ1v) is 4.80. The van der Waals surface area contributed by atoms with E-state index in [4.69, 9.17) is 9.57 Å². The molecule has 0 amide bonds. The molecule has 0 aliphatic carbocycles. The predicted octanol–water partition coefficient (Wildman–Crippen LogP) is 0.889. The highest BCUT2D eigenvalue weighted by atomic mass is 16.6. The molecule has 0 saturated heterocycles. The number of esters is 1. The Morgan fingerprint density at radius 3 is 2.50 bits per heavy atom. The van der Waals surface area contributed by atoms with Crippen molar-refractivity contribution in [2.45, 2.75) is 6.61 Å².